The number of rotatable bonds is 1. The molecule has 0 saturated carbocycles. The summed E-state index contributed by atoms with van der Waals surface area (Å²) < 4.78 is 0. The van der Waals surface area contributed by atoms with E-state index in [1.54, 1.807) is 7.11 Å². The molecule has 0 amide bonds. The zero-order valence-corrected chi connectivity index (χ0v) is 5.91. The van der Waals surface area contributed by atoms with Crippen LogP contribution >= 0.6 is 11.8 Å². The van der Waals surface area contributed by atoms with Crippen molar-refractivity contribution in [2.24, 2.45) is 0 Å². The zero-order chi connectivity index (χ0) is 5.82. The Morgan fingerprint density at radius 3 is 2.38 bits per heavy atom. The van der Waals surface area contributed by atoms with E-state index in [9.17, 15) is 0 Å². The van der Waals surface area contributed by atoms with Crippen LogP contribution in [-0.4, -0.2) is 36.8 Å². The van der Waals surface area contributed by atoms with Gasteiger partial charge in [0.2, 0.25) is 0 Å². The van der Waals surface area contributed by atoms with Gasteiger partial charge in [-0.2, -0.15) is 16.8 Å². The summed E-state index contributed by atoms with van der Waals surface area (Å²) >= 11 is 1.99. The molecule has 0 atom stereocenters. The van der Waals surface area contributed by atoms with Crippen LogP contribution in [0.4, 0.5) is 0 Å². The maximum absolute atomic E-state index is 5.01. The van der Waals surface area contributed by atoms with Gasteiger partial charge in [-0.3, -0.25) is 0 Å². The van der Waals surface area contributed by atoms with Crippen LogP contribution in [0.5, 0.6) is 0 Å². The van der Waals surface area contributed by atoms with Crippen molar-refractivity contribution in [3.8, 4) is 0 Å². The molecule has 1 heterocycles. The highest BCUT2D eigenvalue weighted by atomic mass is 32.2. The second-order valence-electron chi connectivity index (χ2n) is 1.72. The molecule has 1 saturated heterocycles. The van der Waals surface area contributed by atoms with Crippen LogP contribution in [0.2, 0.25) is 0 Å². The molecule has 0 aliphatic carbocycles. The van der Waals surface area contributed by atoms with Crippen molar-refractivity contribution in [2.45, 2.75) is 0 Å². The summed E-state index contributed by atoms with van der Waals surface area (Å²) in [5.74, 6) is 2.43. The Morgan fingerprint density at radius 2 is 2.00 bits per heavy atom. The van der Waals surface area contributed by atoms with Gasteiger partial charge in [-0.1, -0.05) is 0 Å². The molecule has 1 aliphatic rings. The topological polar surface area (TPSA) is 12.5 Å². The zero-order valence-electron chi connectivity index (χ0n) is 5.09. The van der Waals surface area contributed by atoms with Gasteiger partial charge >= 0.3 is 0 Å². The minimum Gasteiger partial charge on any atom is -0.302 e. The lowest BCUT2D eigenvalue weighted by molar-refractivity contribution is -0.123. The molecule has 0 radical (unpaired) electrons. The molecule has 3 heteroatoms. The fraction of sp³-hybridized carbons (Fsp3) is 1.00. The van der Waals surface area contributed by atoms with Gasteiger partial charge in [0, 0.05) is 24.6 Å². The summed E-state index contributed by atoms with van der Waals surface area (Å²) in [6.45, 7) is 2.17. The standard InChI is InChI=1S/C5H11NOS/c1-7-6-2-4-8-5-3-6/h2-5H2,1H3. The number of nitrogens with zero attached hydrogens (tertiary/aromatic N) is 1. The Kier molecular flexibility index (Phi) is 2.66. The second kappa shape index (κ2) is 3.33. The highest BCUT2D eigenvalue weighted by Gasteiger charge is 2.07. The lowest BCUT2D eigenvalue weighted by Gasteiger charge is -2.22. The van der Waals surface area contributed by atoms with E-state index in [0.29, 0.717) is 0 Å². The van der Waals surface area contributed by atoms with Gasteiger partial charge in [0.15, 0.2) is 0 Å². The Bertz CT molecular complexity index is 63.4. The molecular formula is C5H11NOS. The number of thioether (sulfide) groups is 1. The lowest BCUT2D eigenvalue weighted by Crippen LogP contribution is -2.31. The third kappa shape index (κ3) is 1.65. The van der Waals surface area contributed by atoms with Crippen LogP contribution in [0.1, 0.15) is 0 Å². The van der Waals surface area contributed by atoms with E-state index < -0.39 is 0 Å². The first kappa shape index (κ1) is 6.39. The van der Waals surface area contributed by atoms with Crippen LogP contribution < -0.4 is 0 Å². The predicted octanol–water partition coefficient (Wildman–Crippen LogP) is 0.597. The second-order valence-corrected chi connectivity index (χ2v) is 2.95. The van der Waals surface area contributed by atoms with Crippen molar-refractivity contribution in [3.05, 3.63) is 0 Å². The number of hydroxylamine groups is 2. The molecule has 2 nitrogen and oxygen atoms in total. The average molecular weight is 133 g/mol. The van der Waals surface area contributed by atoms with Crippen molar-refractivity contribution in [1.29, 1.82) is 0 Å². The van der Waals surface area contributed by atoms with Crippen molar-refractivity contribution >= 4 is 11.8 Å². The summed E-state index contributed by atoms with van der Waals surface area (Å²) in [5, 5.41) is 2.00. The highest BCUT2D eigenvalue weighted by Crippen LogP contribution is 2.07. The first-order valence-electron chi connectivity index (χ1n) is 2.80. The maximum Gasteiger partial charge on any atom is 0.0575 e. The third-order valence-corrected chi connectivity index (χ3v) is 2.17. The van der Waals surface area contributed by atoms with Crippen LogP contribution in [0.25, 0.3) is 0 Å². The highest BCUT2D eigenvalue weighted by molar-refractivity contribution is 7.99. The van der Waals surface area contributed by atoms with Crippen LogP contribution in [-0.2, 0) is 4.84 Å². The molecule has 48 valence electrons. The first-order valence-corrected chi connectivity index (χ1v) is 3.96. The molecule has 0 spiro atoms. The van der Waals surface area contributed by atoms with Gasteiger partial charge in [-0.25, -0.2) is 0 Å². The third-order valence-electron chi connectivity index (χ3n) is 1.23. The normalized spacial score (nSPS) is 23.6. The molecule has 0 bridgehead atoms. The van der Waals surface area contributed by atoms with Crippen molar-refractivity contribution in [1.82, 2.24) is 5.06 Å². The summed E-state index contributed by atoms with van der Waals surface area (Å²) in [7, 11) is 1.73. The van der Waals surface area contributed by atoms with E-state index in [2.05, 4.69) is 0 Å². The fourth-order valence-corrected chi connectivity index (χ4v) is 1.60. The Labute approximate surface area is 54.1 Å². The Balaban J connectivity index is 2.13. The number of hydrogen-bond donors (Lipinski definition) is 0. The summed E-state index contributed by atoms with van der Waals surface area (Å²) in [4.78, 5) is 5.01. The number of hydrogen-bond acceptors (Lipinski definition) is 3. The molecule has 1 aliphatic heterocycles. The van der Waals surface area contributed by atoms with Crippen molar-refractivity contribution in [3.63, 3.8) is 0 Å². The van der Waals surface area contributed by atoms with Crippen LogP contribution in [0.3, 0.4) is 0 Å². The van der Waals surface area contributed by atoms with Gasteiger partial charge in [0.05, 0.1) is 7.11 Å². The van der Waals surface area contributed by atoms with Crippen molar-refractivity contribution in [2.75, 3.05) is 31.7 Å². The van der Waals surface area contributed by atoms with Gasteiger partial charge in [0.25, 0.3) is 0 Å². The molecule has 0 N–H and O–H groups in total. The largest absolute Gasteiger partial charge is 0.302 e. The van der Waals surface area contributed by atoms with E-state index in [1.165, 1.54) is 11.5 Å². The van der Waals surface area contributed by atoms with Crippen molar-refractivity contribution < 1.29 is 4.84 Å². The Morgan fingerprint density at radius 1 is 1.38 bits per heavy atom. The van der Waals surface area contributed by atoms with Gasteiger partial charge in [0.1, 0.15) is 0 Å². The monoisotopic (exact) mass is 133 g/mol. The van der Waals surface area contributed by atoms with Crippen LogP contribution in [0, 0.1) is 0 Å². The van der Waals surface area contributed by atoms with Gasteiger partial charge in [-0.15, -0.1) is 0 Å². The van der Waals surface area contributed by atoms with E-state index >= 15 is 0 Å². The molecule has 0 aromatic heterocycles. The van der Waals surface area contributed by atoms with E-state index in [1.807, 2.05) is 16.8 Å². The van der Waals surface area contributed by atoms with Gasteiger partial charge < -0.3 is 4.84 Å². The predicted molar refractivity (Wildman–Crippen MR) is 35.9 cm³/mol. The first-order chi connectivity index (χ1) is 3.93. The lowest BCUT2D eigenvalue weighted by atomic mass is 10.6. The minimum atomic E-state index is 1.08. The quantitative estimate of drug-likeness (QED) is 0.519. The summed E-state index contributed by atoms with van der Waals surface area (Å²) in [6.07, 6.45) is 0. The van der Waals surface area contributed by atoms with E-state index in [0.717, 1.165) is 13.1 Å². The Hall–Kier alpha value is 0.270. The van der Waals surface area contributed by atoms with Gasteiger partial charge in [-0.05, 0) is 0 Å². The molecule has 0 aromatic rings. The molecule has 8 heavy (non-hydrogen) atoms. The van der Waals surface area contributed by atoms with Crippen LogP contribution in [0.15, 0.2) is 0 Å². The average Bonchev–Trinajstić information content (AvgIpc) is 1.90. The molecule has 0 unspecified atom stereocenters. The van der Waals surface area contributed by atoms with E-state index in [4.69, 9.17) is 4.84 Å². The molecule has 1 rings (SSSR count). The smallest absolute Gasteiger partial charge is 0.0575 e. The molecule has 0 aromatic carbocycles. The molecule has 1 fully saturated rings. The molecular weight excluding hydrogens is 122 g/mol. The fourth-order valence-electron chi connectivity index (χ4n) is 0.729. The summed E-state index contributed by atoms with van der Waals surface area (Å²) in [5.41, 5.74) is 0. The summed E-state index contributed by atoms with van der Waals surface area (Å²) in [6, 6.07) is 0. The maximum atomic E-state index is 5.01. The van der Waals surface area contributed by atoms with E-state index in [-0.39, 0.29) is 0 Å². The SMILES string of the molecule is CON1CCSCC1. The minimum absolute atomic E-state index is 1.08.